The number of rotatable bonds is 5. The number of aromatic nitrogens is 2. The van der Waals surface area contributed by atoms with E-state index >= 15 is 0 Å². The molecule has 1 aromatic carbocycles. The molecular weight excluding hydrogens is 368 g/mol. The molecule has 3 aromatic rings. The fourth-order valence-electron chi connectivity index (χ4n) is 2.18. The first-order chi connectivity index (χ1) is 11.9. The number of nitrogens with one attached hydrogen (secondary N) is 1. The van der Waals surface area contributed by atoms with Crippen LogP contribution in [0.3, 0.4) is 0 Å². The third-order valence-corrected chi connectivity index (χ3v) is 5.24. The molecule has 0 aliphatic heterocycles. The second kappa shape index (κ2) is 7.32. The number of furan rings is 1. The molecule has 1 amide bonds. The largest absolute Gasteiger partial charge is 0.466 e. The summed E-state index contributed by atoms with van der Waals surface area (Å²) in [7, 11) is 0. The van der Waals surface area contributed by atoms with Gasteiger partial charge in [0, 0.05) is 11.8 Å². The Labute approximate surface area is 150 Å². The van der Waals surface area contributed by atoms with E-state index in [1.807, 2.05) is 0 Å². The Balaban J connectivity index is 1.62. The quantitative estimate of drug-likeness (QED) is 0.518. The Morgan fingerprint density at radius 1 is 1.20 bits per heavy atom. The van der Waals surface area contributed by atoms with E-state index in [1.54, 1.807) is 19.9 Å². The first-order valence-corrected chi connectivity index (χ1v) is 9.00. The van der Waals surface area contributed by atoms with Crippen LogP contribution in [0.5, 0.6) is 0 Å². The summed E-state index contributed by atoms with van der Waals surface area (Å²) in [5, 5.41) is 10.9. The van der Waals surface area contributed by atoms with Gasteiger partial charge in [0.25, 0.3) is 5.91 Å². The van der Waals surface area contributed by atoms with Gasteiger partial charge in [0.2, 0.25) is 5.13 Å². The van der Waals surface area contributed by atoms with Crippen molar-refractivity contribution in [2.24, 2.45) is 0 Å². The molecular formula is C16H13F2N3O2S2. The summed E-state index contributed by atoms with van der Waals surface area (Å²) in [5.74, 6) is -0.0368. The van der Waals surface area contributed by atoms with E-state index in [4.69, 9.17) is 4.42 Å². The van der Waals surface area contributed by atoms with Gasteiger partial charge in [0.05, 0.1) is 5.56 Å². The number of thioether (sulfide) groups is 1. The lowest BCUT2D eigenvalue weighted by atomic mass is 10.2. The molecule has 0 aliphatic rings. The molecule has 25 heavy (non-hydrogen) atoms. The van der Waals surface area contributed by atoms with Gasteiger partial charge in [-0.3, -0.25) is 10.1 Å². The Morgan fingerprint density at radius 3 is 2.56 bits per heavy atom. The zero-order chi connectivity index (χ0) is 18.0. The summed E-state index contributed by atoms with van der Waals surface area (Å²) < 4.78 is 32.2. The molecule has 5 nitrogen and oxygen atoms in total. The van der Waals surface area contributed by atoms with Crippen molar-refractivity contribution >= 4 is 34.1 Å². The summed E-state index contributed by atoms with van der Waals surface area (Å²) in [6.07, 6.45) is 0. The average molecular weight is 381 g/mol. The number of carbonyl (C=O) groups excluding carboxylic acids is 1. The summed E-state index contributed by atoms with van der Waals surface area (Å²) in [4.78, 5) is 12.2. The van der Waals surface area contributed by atoms with Crippen LogP contribution in [0, 0.1) is 25.5 Å². The molecule has 2 heterocycles. The maximum atomic E-state index is 13.2. The topological polar surface area (TPSA) is 68.0 Å². The normalized spacial score (nSPS) is 10.9. The van der Waals surface area contributed by atoms with Gasteiger partial charge in [-0.05, 0) is 37.6 Å². The Hall–Kier alpha value is -2.26. The minimum Gasteiger partial charge on any atom is -0.466 e. The number of benzene rings is 1. The SMILES string of the molecule is Cc1cc(C(=O)Nc2nnc(SCc3cc(F)cc(F)c3)s2)c(C)o1. The maximum absolute atomic E-state index is 13.2. The van der Waals surface area contributed by atoms with Crippen LogP contribution in [-0.2, 0) is 5.75 Å². The Bertz CT molecular complexity index is 904. The van der Waals surface area contributed by atoms with E-state index in [0.29, 0.717) is 37.9 Å². The highest BCUT2D eigenvalue weighted by Crippen LogP contribution is 2.29. The number of carbonyl (C=O) groups is 1. The monoisotopic (exact) mass is 381 g/mol. The summed E-state index contributed by atoms with van der Waals surface area (Å²) in [6, 6.07) is 5.01. The fraction of sp³-hybridized carbons (Fsp3) is 0.188. The second-order valence-electron chi connectivity index (χ2n) is 5.22. The molecule has 0 fully saturated rings. The number of nitrogens with zero attached hydrogens (tertiary/aromatic N) is 2. The summed E-state index contributed by atoms with van der Waals surface area (Å²) in [6.45, 7) is 3.47. The van der Waals surface area contributed by atoms with Crippen molar-refractivity contribution in [2.45, 2.75) is 23.9 Å². The summed E-state index contributed by atoms with van der Waals surface area (Å²) >= 11 is 2.47. The highest BCUT2D eigenvalue weighted by Gasteiger charge is 2.16. The highest BCUT2D eigenvalue weighted by atomic mass is 32.2. The lowest BCUT2D eigenvalue weighted by molar-refractivity contribution is 0.102. The predicted molar refractivity (Wildman–Crippen MR) is 92.0 cm³/mol. The lowest BCUT2D eigenvalue weighted by Crippen LogP contribution is -2.11. The van der Waals surface area contributed by atoms with Crippen molar-refractivity contribution < 1.29 is 18.0 Å². The average Bonchev–Trinajstić information content (AvgIpc) is 3.10. The fourth-order valence-corrected chi connectivity index (χ4v) is 3.86. The maximum Gasteiger partial charge on any atom is 0.261 e. The molecule has 0 saturated carbocycles. The molecule has 9 heteroatoms. The number of aryl methyl sites for hydroxylation is 2. The molecule has 0 atom stereocenters. The zero-order valence-electron chi connectivity index (χ0n) is 13.3. The molecule has 0 aliphatic carbocycles. The van der Waals surface area contributed by atoms with Crippen molar-refractivity contribution in [1.82, 2.24) is 10.2 Å². The molecule has 3 rings (SSSR count). The van der Waals surface area contributed by atoms with Gasteiger partial charge in [0.15, 0.2) is 4.34 Å². The molecule has 0 saturated heterocycles. The van der Waals surface area contributed by atoms with E-state index in [9.17, 15) is 13.6 Å². The van der Waals surface area contributed by atoms with E-state index in [-0.39, 0.29) is 5.91 Å². The van der Waals surface area contributed by atoms with Crippen LogP contribution in [0.4, 0.5) is 13.9 Å². The Morgan fingerprint density at radius 2 is 1.92 bits per heavy atom. The van der Waals surface area contributed by atoms with Gasteiger partial charge < -0.3 is 4.42 Å². The van der Waals surface area contributed by atoms with Crippen LogP contribution in [0.15, 0.2) is 33.0 Å². The third-order valence-electron chi connectivity index (χ3n) is 3.20. The molecule has 0 radical (unpaired) electrons. The van der Waals surface area contributed by atoms with Gasteiger partial charge >= 0.3 is 0 Å². The number of halogens is 2. The van der Waals surface area contributed by atoms with Crippen LogP contribution in [0.2, 0.25) is 0 Å². The van der Waals surface area contributed by atoms with E-state index in [0.717, 1.165) is 6.07 Å². The van der Waals surface area contributed by atoms with Gasteiger partial charge in [-0.1, -0.05) is 23.1 Å². The van der Waals surface area contributed by atoms with Crippen LogP contribution in [-0.4, -0.2) is 16.1 Å². The van der Waals surface area contributed by atoms with E-state index in [1.165, 1.54) is 35.2 Å². The molecule has 2 aromatic heterocycles. The predicted octanol–water partition coefficient (Wildman–Crippen LogP) is 4.57. The second-order valence-corrected chi connectivity index (χ2v) is 7.42. The highest BCUT2D eigenvalue weighted by molar-refractivity contribution is 8.00. The number of hydrogen-bond acceptors (Lipinski definition) is 6. The Kier molecular flexibility index (Phi) is 5.14. The molecule has 1 N–H and O–H groups in total. The minimum absolute atomic E-state index is 0.325. The first kappa shape index (κ1) is 17.6. The molecule has 0 spiro atoms. The van der Waals surface area contributed by atoms with Gasteiger partial charge in [0.1, 0.15) is 23.2 Å². The van der Waals surface area contributed by atoms with Gasteiger partial charge in [-0.2, -0.15) is 0 Å². The van der Waals surface area contributed by atoms with Gasteiger partial charge in [-0.15, -0.1) is 10.2 Å². The molecule has 0 unspecified atom stereocenters. The van der Waals surface area contributed by atoms with Crippen molar-refractivity contribution in [2.75, 3.05) is 5.32 Å². The van der Waals surface area contributed by atoms with Crippen LogP contribution in [0.1, 0.15) is 27.4 Å². The van der Waals surface area contributed by atoms with Crippen LogP contribution in [0.25, 0.3) is 0 Å². The minimum atomic E-state index is -0.619. The van der Waals surface area contributed by atoms with Crippen LogP contribution < -0.4 is 5.32 Å². The van der Waals surface area contributed by atoms with Crippen molar-refractivity contribution in [3.8, 4) is 0 Å². The summed E-state index contributed by atoms with van der Waals surface area (Å²) in [5.41, 5.74) is 0.949. The van der Waals surface area contributed by atoms with Crippen molar-refractivity contribution in [3.63, 3.8) is 0 Å². The van der Waals surface area contributed by atoms with Crippen LogP contribution >= 0.6 is 23.1 Å². The number of anilines is 1. The van der Waals surface area contributed by atoms with Crippen molar-refractivity contribution in [3.05, 3.63) is 58.5 Å². The standard InChI is InChI=1S/C16H13F2N3O2S2/c1-8-3-13(9(2)23-8)14(22)19-15-20-21-16(25-15)24-7-10-4-11(17)6-12(18)5-10/h3-6H,7H2,1-2H3,(H,19,20,22). The smallest absolute Gasteiger partial charge is 0.261 e. The molecule has 130 valence electrons. The van der Waals surface area contributed by atoms with E-state index < -0.39 is 11.6 Å². The number of hydrogen-bond donors (Lipinski definition) is 1. The third kappa shape index (κ3) is 4.43. The van der Waals surface area contributed by atoms with Crippen molar-refractivity contribution in [1.29, 1.82) is 0 Å². The lowest BCUT2D eigenvalue weighted by Gasteiger charge is -2.00. The molecule has 0 bridgehead atoms. The first-order valence-electron chi connectivity index (χ1n) is 7.20. The van der Waals surface area contributed by atoms with Gasteiger partial charge in [-0.25, -0.2) is 8.78 Å². The zero-order valence-corrected chi connectivity index (χ0v) is 14.9. The number of amides is 1. The van der Waals surface area contributed by atoms with E-state index in [2.05, 4.69) is 15.5 Å².